The molecule has 19 heavy (non-hydrogen) atoms. The van der Waals surface area contributed by atoms with Crippen LogP contribution in [-0.4, -0.2) is 18.6 Å². The van der Waals surface area contributed by atoms with E-state index in [2.05, 4.69) is 56.0 Å². The van der Waals surface area contributed by atoms with Gasteiger partial charge < -0.3 is 10.6 Å². The second-order valence-electron chi connectivity index (χ2n) is 6.52. The van der Waals surface area contributed by atoms with Crippen LogP contribution in [0.1, 0.15) is 39.2 Å². The topological polar surface area (TPSA) is 53.0 Å². The summed E-state index contributed by atoms with van der Waals surface area (Å²) in [5, 5.41) is 9.10. The molecule has 1 aromatic carbocycles. The molecule has 1 fully saturated rings. The molecule has 0 radical (unpaired) electrons. The first kappa shape index (κ1) is 13.9. The first-order chi connectivity index (χ1) is 8.86. The maximum absolute atomic E-state index is 9.10. The van der Waals surface area contributed by atoms with Gasteiger partial charge in [0.1, 0.15) is 5.54 Å². The molecule has 0 atom stereocenters. The van der Waals surface area contributed by atoms with Crippen molar-refractivity contribution in [2.45, 2.75) is 44.6 Å². The highest BCUT2D eigenvalue weighted by atomic mass is 15.1. The van der Waals surface area contributed by atoms with Crippen molar-refractivity contribution in [1.82, 2.24) is 0 Å². The second kappa shape index (κ2) is 4.86. The summed E-state index contributed by atoms with van der Waals surface area (Å²) in [5.74, 6) is 0. The predicted octanol–water partition coefficient (Wildman–Crippen LogP) is 2.81. The van der Waals surface area contributed by atoms with Gasteiger partial charge in [-0.05, 0) is 29.9 Å². The van der Waals surface area contributed by atoms with Gasteiger partial charge in [-0.2, -0.15) is 5.26 Å². The van der Waals surface area contributed by atoms with Crippen LogP contribution in [0.25, 0.3) is 0 Å². The normalized spacial score (nSPS) is 19.0. The molecule has 1 aliphatic heterocycles. The smallest absolute Gasteiger partial charge is 0.107 e. The molecule has 0 unspecified atom stereocenters. The Labute approximate surface area is 116 Å². The van der Waals surface area contributed by atoms with Crippen molar-refractivity contribution in [2.75, 3.05) is 18.0 Å². The number of nitriles is 1. The molecule has 1 heterocycles. The van der Waals surface area contributed by atoms with E-state index < -0.39 is 5.54 Å². The van der Waals surface area contributed by atoms with E-state index in [0.717, 1.165) is 25.9 Å². The van der Waals surface area contributed by atoms with Crippen LogP contribution in [0.5, 0.6) is 0 Å². The number of hydrogen-bond acceptors (Lipinski definition) is 3. The summed E-state index contributed by atoms with van der Waals surface area (Å²) in [4.78, 5) is 2.36. The van der Waals surface area contributed by atoms with Crippen LogP contribution in [0.3, 0.4) is 0 Å². The number of rotatable bonds is 1. The summed E-state index contributed by atoms with van der Waals surface area (Å²) < 4.78 is 0. The highest BCUT2D eigenvalue weighted by Crippen LogP contribution is 2.34. The molecular formula is C16H23N3. The van der Waals surface area contributed by atoms with Crippen molar-refractivity contribution in [3.8, 4) is 6.07 Å². The third kappa shape index (κ3) is 2.90. The predicted molar refractivity (Wildman–Crippen MR) is 79.1 cm³/mol. The van der Waals surface area contributed by atoms with Crippen LogP contribution < -0.4 is 10.6 Å². The summed E-state index contributed by atoms with van der Waals surface area (Å²) in [6.07, 6.45) is 1.48. The lowest BCUT2D eigenvalue weighted by molar-refractivity contribution is 0.414. The fraction of sp³-hybridized carbons (Fsp3) is 0.562. The molecule has 1 saturated heterocycles. The van der Waals surface area contributed by atoms with E-state index in [1.54, 1.807) is 0 Å². The third-order valence-electron chi connectivity index (χ3n) is 3.93. The van der Waals surface area contributed by atoms with Gasteiger partial charge in [0, 0.05) is 18.8 Å². The number of nitrogens with zero attached hydrogens (tertiary/aromatic N) is 2. The van der Waals surface area contributed by atoms with Crippen LogP contribution in [-0.2, 0) is 5.41 Å². The first-order valence-corrected chi connectivity index (χ1v) is 6.90. The summed E-state index contributed by atoms with van der Waals surface area (Å²) in [6.45, 7) is 8.42. The van der Waals surface area contributed by atoms with Gasteiger partial charge in [-0.15, -0.1) is 0 Å². The fourth-order valence-corrected chi connectivity index (χ4v) is 2.64. The second-order valence-corrected chi connectivity index (χ2v) is 6.52. The van der Waals surface area contributed by atoms with Gasteiger partial charge in [0.25, 0.3) is 0 Å². The summed E-state index contributed by atoms with van der Waals surface area (Å²) in [6, 6.07) is 10.8. The quantitative estimate of drug-likeness (QED) is 0.841. The zero-order valence-electron chi connectivity index (χ0n) is 12.1. The third-order valence-corrected chi connectivity index (χ3v) is 3.93. The molecule has 0 amide bonds. The van der Waals surface area contributed by atoms with Crippen molar-refractivity contribution in [3.63, 3.8) is 0 Å². The Balaban J connectivity index is 2.24. The van der Waals surface area contributed by atoms with E-state index in [1.807, 2.05) is 0 Å². The zero-order valence-corrected chi connectivity index (χ0v) is 12.1. The molecule has 1 aromatic rings. The van der Waals surface area contributed by atoms with E-state index in [1.165, 1.54) is 11.3 Å². The average Bonchev–Trinajstić information content (AvgIpc) is 2.39. The van der Waals surface area contributed by atoms with Crippen molar-refractivity contribution in [2.24, 2.45) is 5.73 Å². The van der Waals surface area contributed by atoms with Crippen LogP contribution in [0.2, 0.25) is 0 Å². The van der Waals surface area contributed by atoms with E-state index in [0.29, 0.717) is 0 Å². The number of para-hydroxylation sites is 1. The summed E-state index contributed by atoms with van der Waals surface area (Å²) >= 11 is 0. The highest BCUT2D eigenvalue weighted by molar-refractivity contribution is 5.57. The molecule has 1 aliphatic rings. The number of nitrogens with two attached hydrogens (primary N) is 1. The fourth-order valence-electron chi connectivity index (χ4n) is 2.64. The Morgan fingerprint density at radius 1 is 1.21 bits per heavy atom. The van der Waals surface area contributed by atoms with Gasteiger partial charge in [0.05, 0.1) is 6.07 Å². The molecule has 2 N–H and O–H groups in total. The first-order valence-electron chi connectivity index (χ1n) is 6.90. The van der Waals surface area contributed by atoms with Gasteiger partial charge in [-0.3, -0.25) is 0 Å². The molecule has 3 nitrogen and oxygen atoms in total. The van der Waals surface area contributed by atoms with E-state index in [-0.39, 0.29) is 5.41 Å². The van der Waals surface area contributed by atoms with Crippen LogP contribution >= 0.6 is 0 Å². The number of anilines is 1. The van der Waals surface area contributed by atoms with Crippen molar-refractivity contribution in [1.29, 1.82) is 5.26 Å². The monoisotopic (exact) mass is 257 g/mol. The van der Waals surface area contributed by atoms with E-state index in [4.69, 9.17) is 11.0 Å². The van der Waals surface area contributed by atoms with Gasteiger partial charge in [-0.1, -0.05) is 39.0 Å². The standard InChI is InChI=1S/C16H23N3/c1-15(2,3)13-6-4-5-7-14(13)19-10-8-16(18,12-17)9-11-19/h4-7H,8-11,18H2,1-3H3. The van der Waals surface area contributed by atoms with Gasteiger partial charge in [0.2, 0.25) is 0 Å². The van der Waals surface area contributed by atoms with Crippen LogP contribution in [0.4, 0.5) is 5.69 Å². The van der Waals surface area contributed by atoms with Gasteiger partial charge in [-0.25, -0.2) is 0 Å². The molecule has 0 bridgehead atoms. The van der Waals surface area contributed by atoms with Crippen LogP contribution in [0, 0.1) is 11.3 Å². The molecule has 0 spiro atoms. The van der Waals surface area contributed by atoms with Crippen molar-refractivity contribution >= 4 is 5.69 Å². The molecule has 3 heteroatoms. The molecule has 0 aromatic heterocycles. The van der Waals surface area contributed by atoms with E-state index in [9.17, 15) is 0 Å². The minimum Gasteiger partial charge on any atom is -0.371 e. The Morgan fingerprint density at radius 3 is 2.32 bits per heavy atom. The molecule has 102 valence electrons. The lowest BCUT2D eigenvalue weighted by Crippen LogP contribution is -2.49. The summed E-state index contributed by atoms with van der Waals surface area (Å²) in [7, 11) is 0. The highest BCUT2D eigenvalue weighted by Gasteiger charge is 2.32. The lowest BCUT2D eigenvalue weighted by Gasteiger charge is -2.38. The Bertz CT molecular complexity index is 485. The lowest BCUT2D eigenvalue weighted by atomic mass is 9.84. The van der Waals surface area contributed by atoms with Gasteiger partial charge in [0.15, 0.2) is 0 Å². The number of piperidine rings is 1. The minimum atomic E-state index is -0.632. The van der Waals surface area contributed by atoms with E-state index >= 15 is 0 Å². The van der Waals surface area contributed by atoms with Crippen LogP contribution in [0.15, 0.2) is 24.3 Å². The minimum absolute atomic E-state index is 0.128. The van der Waals surface area contributed by atoms with Crippen molar-refractivity contribution in [3.05, 3.63) is 29.8 Å². The van der Waals surface area contributed by atoms with Crippen molar-refractivity contribution < 1.29 is 0 Å². The zero-order chi connectivity index (χ0) is 14.1. The maximum Gasteiger partial charge on any atom is 0.107 e. The SMILES string of the molecule is CC(C)(C)c1ccccc1N1CCC(N)(C#N)CC1. The average molecular weight is 257 g/mol. The molecule has 2 rings (SSSR count). The molecule has 0 saturated carbocycles. The Morgan fingerprint density at radius 2 is 1.79 bits per heavy atom. The molecular weight excluding hydrogens is 234 g/mol. The van der Waals surface area contributed by atoms with Gasteiger partial charge >= 0.3 is 0 Å². The molecule has 0 aliphatic carbocycles. The summed E-state index contributed by atoms with van der Waals surface area (Å²) in [5.41, 5.74) is 8.18. The number of hydrogen-bond donors (Lipinski definition) is 1. The Kier molecular flexibility index (Phi) is 3.56. The number of benzene rings is 1. The largest absolute Gasteiger partial charge is 0.371 e. The Hall–Kier alpha value is -1.53. The maximum atomic E-state index is 9.10.